The molecule has 0 heterocycles. The Morgan fingerprint density at radius 3 is 2.00 bits per heavy atom. The molecule has 0 N–H and O–H groups in total. The molecule has 0 saturated heterocycles. The number of nitro groups is 1. The normalized spacial score (nSPS) is 10.9. The lowest BCUT2D eigenvalue weighted by molar-refractivity contribution is -0.384. The second kappa shape index (κ2) is 10.2. The van der Waals surface area contributed by atoms with Crippen molar-refractivity contribution in [3.63, 3.8) is 0 Å². The van der Waals surface area contributed by atoms with Crippen LogP contribution in [0, 0.1) is 10.1 Å². The van der Waals surface area contributed by atoms with Crippen molar-refractivity contribution >= 4 is 17.1 Å². The first kappa shape index (κ1) is 18.6. The maximum atomic E-state index is 10.6. The van der Waals surface area contributed by atoms with E-state index in [9.17, 15) is 10.1 Å². The van der Waals surface area contributed by atoms with Crippen molar-refractivity contribution in [3.05, 3.63) is 58.6 Å². The summed E-state index contributed by atoms with van der Waals surface area (Å²) < 4.78 is 5.70. The summed E-state index contributed by atoms with van der Waals surface area (Å²) in [6, 6.07) is 13.4. The zero-order valence-electron chi connectivity index (χ0n) is 14.4. The first-order valence-corrected chi connectivity index (χ1v) is 8.58. The van der Waals surface area contributed by atoms with Gasteiger partial charge in [-0.1, -0.05) is 32.6 Å². The first-order chi connectivity index (χ1) is 12.2. The third kappa shape index (κ3) is 6.71. The highest BCUT2D eigenvalue weighted by Gasteiger charge is 2.03. The molecule has 0 aliphatic rings. The van der Waals surface area contributed by atoms with Gasteiger partial charge in [0.2, 0.25) is 0 Å². The van der Waals surface area contributed by atoms with Crippen molar-refractivity contribution < 1.29 is 9.66 Å². The smallest absolute Gasteiger partial charge is 0.269 e. The zero-order chi connectivity index (χ0) is 17.9. The lowest BCUT2D eigenvalue weighted by atomic mass is 10.2. The molecule has 0 saturated carbocycles. The predicted octanol–water partition coefficient (Wildman–Crippen LogP) is 6.36. The van der Waals surface area contributed by atoms with Gasteiger partial charge >= 0.3 is 0 Å². The fourth-order valence-electron chi connectivity index (χ4n) is 2.26. The van der Waals surface area contributed by atoms with E-state index in [4.69, 9.17) is 4.74 Å². The highest BCUT2D eigenvalue weighted by atomic mass is 16.6. The molecule has 0 unspecified atom stereocenters. The number of hydrogen-bond acceptors (Lipinski definition) is 5. The summed E-state index contributed by atoms with van der Waals surface area (Å²) in [6.07, 6.45) is 6.07. The fourth-order valence-corrected chi connectivity index (χ4v) is 2.26. The third-order valence-electron chi connectivity index (χ3n) is 3.69. The standard InChI is InChI=1S/C19H23N3O3/c1-2-3-4-5-6-15-25-19-13-9-17(10-14-19)21-20-16-7-11-18(12-8-16)22(23)24/h7-14H,2-6,15H2,1H3/b21-20+. The summed E-state index contributed by atoms with van der Waals surface area (Å²) in [5, 5.41) is 18.8. The van der Waals surface area contributed by atoms with Gasteiger partial charge in [-0.3, -0.25) is 10.1 Å². The van der Waals surface area contributed by atoms with Crippen LogP contribution in [0.15, 0.2) is 58.8 Å². The first-order valence-electron chi connectivity index (χ1n) is 8.58. The Hall–Kier alpha value is -2.76. The molecule has 2 aromatic rings. The Morgan fingerprint density at radius 2 is 1.44 bits per heavy atom. The van der Waals surface area contributed by atoms with E-state index in [0.717, 1.165) is 18.8 Å². The number of non-ortho nitro benzene ring substituents is 1. The predicted molar refractivity (Wildman–Crippen MR) is 98.0 cm³/mol. The minimum Gasteiger partial charge on any atom is -0.494 e. The molecule has 0 radical (unpaired) electrons. The molecule has 0 aliphatic heterocycles. The van der Waals surface area contributed by atoms with E-state index in [1.54, 1.807) is 12.1 Å². The Kier molecular flexibility index (Phi) is 7.56. The van der Waals surface area contributed by atoms with Crippen LogP contribution < -0.4 is 4.74 Å². The van der Waals surface area contributed by atoms with Gasteiger partial charge < -0.3 is 4.74 Å². The van der Waals surface area contributed by atoms with Crippen molar-refractivity contribution in [2.45, 2.75) is 39.0 Å². The van der Waals surface area contributed by atoms with Crippen LogP contribution in [-0.2, 0) is 0 Å². The van der Waals surface area contributed by atoms with Crippen molar-refractivity contribution in [2.75, 3.05) is 6.61 Å². The number of unbranched alkanes of at least 4 members (excludes halogenated alkanes) is 4. The molecule has 6 heteroatoms. The van der Waals surface area contributed by atoms with Crippen molar-refractivity contribution in [3.8, 4) is 5.75 Å². The summed E-state index contributed by atoms with van der Waals surface area (Å²) in [6.45, 7) is 2.93. The van der Waals surface area contributed by atoms with E-state index in [1.165, 1.54) is 37.8 Å². The monoisotopic (exact) mass is 341 g/mol. The summed E-state index contributed by atoms with van der Waals surface area (Å²) in [5.74, 6) is 0.824. The van der Waals surface area contributed by atoms with Gasteiger partial charge in [0.1, 0.15) is 5.75 Å². The zero-order valence-corrected chi connectivity index (χ0v) is 14.4. The lowest BCUT2D eigenvalue weighted by Gasteiger charge is -2.05. The minimum atomic E-state index is -0.441. The average Bonchev–Trinajstić information content (AvgIpc) is 2.64. The van der Waals surface area contributed by atoms with Crippen LogP contribution in [0.2, 0.25) is 0 Å². The second-order valence-corrected chi connectivity index (χ2v) is 5.73. The van der Waals surface area contributed by atoms with E-state index >= 15 is 0 Å². The molecule has 2 aromatic carbocycles. The van der Waals surface area contributed by atoms with Gasteiger partial charge in [-0.25, -0.2) is 0 Å². The largest absolute Gasteiger partial charge is 0.494 e. The Balaban J connectivity index is 1.80. The molecular weight excluding hydrogens is 318 g/mol. The van der Waals surface area contributed by atoms with Gasteiger partial charge in [0.05, 0.1) is 22.9 Å². The molecule has 2 rings (SSSR count). The van der Waals surface area contributed by atoms with Gasteiger partial charge in [-0.15, -0.1) is 0 Å². The van der Waals surface area contributed by atoms with Gasteiger partial charge in [-0.05, 0) is 42.8 Å². The molecule has 6 nitrogen and oxygen atoms in total. The van der Waals surface area contributed by atoms with Gasteiger partial charge in [0.15, 0.2) is 0 Å². The van der Waals surface area contributed by atoms with E-state index in [0.29, 0.717) is 11.4 Å². The van der Waals surface area contributed by atoms with Crippen molar-refractivity contribution in [1.82, 2.24) is 0 Å². The molecule has 0 atom stereocenters. The highest BCUT2D eigenvalue weighted by Crippen LogP contribution is 2.23. The molecule has 132 valence electrons. The molecular formula is C19H23N3O3. The topological polar surface area (TPSA) is 77.1 Å². The number of ether oxygens (including phenoxy) is 1. The van der Waals surface area contributed by atoms with Crippen LogP contribution in [-0.4, -0.2) is 11.5 Å². The van der Waals surface area contributed by atoms with E-state index in [-0.39, 0.29) is 5.69 Å². The number of nitro benzene ring substituents is 1. The molecule has 0 aromatic heterocycles. The molecule has 25 heavy (non-hydrogen) atoms. The Labute approximate surface area is 147 Å². The maximum Gasteiger partial charge on any atom is 0.269 e. The molecule has 0 spiro atoms. The molecule has 0 fully saturated rings. The SMILES string of the molecule is CCCCCCCOc1ccc(/N=N/c2ccc([N+](=O)[O-])cc2)cc1. The van der Waals surface area contributed by atoms with Gasteiger partial charge in [0.25, 0.3) is 5.69 Å². The van der Waals surface area contributed by atoms with Crippen LogP contribution >= 0.6 is 0 Å². The Bertz CT molecular complexity index is 682. The summed E-state index contributed by atoms with van der Waals surface area (Å²) in [7, 11) is 0. The van der Waals surface area contributed by atoms with E-state index in [1.807, 2.05) is 24.3 Å². The fraction of sp³-hybridized carbons (Fsp3) is 0.368. The van der Waals surface area contributed by atoms with E-state index in [2.05, 4.69) is 17.2 Å². The van der Waals surface area contributed by atoms with Gasteiger partial charge in [0, 0.05) is 12.1 Å². The minimum absolute atomic E-state index is 0.0372. The molecule has 0 bridgehead atoms. The maximum absolute atomic E-state index is 10.6. The summed E-state index contributed by atoms with van der Waals surface area (Å²) in [4.78, 5) is 10.2. The number of rotatable bonds is 10. The Morgan fingerprint density at radius 1 is 0.880 bits per heavy atom. The molecule has 0 aliphatic carbocycles. The third-order valence-corrected chi connectivity index (χ3v) is 3.69. The quantitative estimate of drug-likeness (QED) is 0.218. The molecule has 0 amide bonds. The second-order valence-electron chi connectivity index (χ2n) is 5.73. The highest BCUT2D eigenvalue weighted by molar-refractivity contribution is 5.45. The van der Waals surface area contributed by atoms with Gasteiger partial charge in [-0.2, -0.15) is 10.2 Å². The summed E-state index contributed by atoms with van der Waals surface area (Å²) in [5.41, 5.74) is 1.31. The van der Waals surface area contributed by atoms with Crippen LogP contribution in [0.25, 0.3) is 0 Å². The van der Waals surface area contributed by atoms with Crippen LogP contribution in [0.5, 0.6) is 5.75 Å². The number of nitrogens with zero attached hydrogens (tertiary/aromatic N) is 3. The van der Waals surface area contributed by atoms with Crippen molar-refractivity contribution in [1.29, 1.82) is 0 Å². The van der Waals surface area contributed by atoms with Crippen LogP contribution in [0.1, 0.15) is 39.0 Å². The number of benzene rings is 2. The van der Waals surface area contributed by atoms with Crippen molar-refractivity contribution in [2.24, 2.45) is 10.2 Å². The number of azo groups is 1. The van der Waals surface area contributed by atoms with Crippen LogP contribution in [0.3, 0.4) is 0 Å². The van der Waals surface area contributed by atoms with Crippen LogP contribution in [0.4, 0.5) is 17.1 Å². The average molecular weight is 341 g/mol. The number of hydrogen-bond donors (Lipinski definition) is 0. The summed E-state index contributed by atoms with van der Waals surface area (Å²) >= 11 is 0. The van der Waals surface area contributed by atoms with E-state index < -0.39 is 4.92 Å². The lowest BCUT2D eigenvalue weighted by Crippen LogP contribution is -1.96.